The van der Waals surface area contributed by atoms with Gasteiger partial charge in [0.25, 0.3) is 0 Å². The van der Waals surface area contributed by atoms with Gasteiger partial charge in [0.15, 0.2) is 0 Å². The smallest absolute Gasteiger partial charge is 0.332 e. The molecule has 248 valence electrons. The van der Waals surface area contributed by atoms with Crippen LogP contribution in [0, 0.1) is 17.8 Å². The molecule has 3 heterocycles. The molecule has 1 aliphatic heterocycles. The molecule has 47 heavy (non-hydrogen) atoms. The van der Waals surface area contributed by atoms with Gasteiger partial charge in [-0.3, -0.25) is 9.59 Å². The maximum Gasteiger partial charge on any atom is 0.332 e. The van der Waals surface area contributed by atoms with Crippen LogP contribution in [0.25, 0.3) is 21.5 Å². The number of fused-ring (bicyclic) bond motifs is 3. The van der Waals surface area contributed by atoms with Crippen LogP contribution in [0.3, 0.4) is 0 Å². The second-order valence-electron chi connectivity index (χ2n) is 13.4. The molecule has 3 fully saturated rings. The highest BCUT2D eigenvalue weighted by atomic mass is 32.1. The van der Waals surface area contributed by atoms with Gasteiger partial charge in [-0.1, -0.05) is 12.2 Å². The number of carbonyl (C=O) groups is 3. The molecule has 4 aliphatic rings. The third kappa shape index (κ3) is 6.34. The zero-order valence-corrected chi connectivity index (χ0v) is 28.0. The highest BCUT2D eigenvalue weighted by molar-refractivity contribution is 7.13. The van der Waals surface area contributed by atoms with Crippen LogP contribution in [-0.4, -0.2) is 71.6 Å². The molecule has 0 bridgehead atoms. The average Bonchev–Trinajstić information content (AvgIpc) is 3.94. The molecular formula is C36H42N4O6S. The Bertz CT molecular complexity index is 1720. The van der Waals surface area contributed by atoms with Crippen molar-refractivity contribution in [3.8, 4) is 22.3 Å². The second kappa shape index (κ2) is 12.9. The number of rotatable bonds is 7. The van der Waals surface area contributed by atoms with E-state index in [1.807, 2.05) is 30.3 Å². The first-order chi connectivity index (χ1) is 22.8. The monoisotopic (exact) mass is 658 g/mol. The van der Waals surface area contributed by atoms with Gasteiger partial charge >= 0.3 is 5.97 Å². The summed E-state index contributed by atoms with van der Waals surface area (Å²) in [4.78, 5) is 52.6. The van der Waals surface area contributed by atoms with Crippen molar-refractivity contribution in [1.29, 1.82) is 0 Å². The van der Waals surface area contributed by atoms with E-state index in [1.165, 1.54) is 12.8 Å². The number of nitrogens with one attached hydrogen (secondary N) is 1. The fraction of sp³-hybridized carbons (Fsp3) is 0.528. The van der Waals surface area contributed by atoms with Gasteiger partial charge in [0.1, 0.15) is 28.1 Å². The Morgan fingerprint density at radius 1 is 1.13 bits per heavy atom. The number of methoxy groups -OCH3 is 1. The summed E-state index contributed by atoms with van der Waals surface area (Å²) in [6, 6.07) is 7.77. The largest absolute Gasteiger partial charge is 0.497 e. The van der Waals surface area contributed by atoms with Crippen molar-refractivity contribution in [2.24, 2.45) is 17.8 Å². The van der Waals surface area contributed by atoms with Crippen molar-refractivity contribution in [2.75, 3.05) is 27.3 Å². The van der Waals surface area contributed by atoms with E-state index in [4.69, 9.17) is 24.2 Å². The van der Waals surface area contributed by atoms with Crippen LogP contribution in [0.5, 0.6) is 11.6 Å². The van der Waals surface area contributed by atoms with Crippen molar-refractivity contribution in [3.05, 3.63) is 47.5 Å². The minimum absolute atomic E-state index is 0.0759. The number of hydrogen-bond donors (Lipinski definition) is 1. The zero-order valence-electron chi connectivity index (χ0n) is 27.2. The molecule has 2 amide bonds. The number of esters is 1. The number of hydrogen-bond acceptors (Lipinski definition) is 9. The molecule has 10 nitrogen and oxygen atoms in total. The van der Waals surface area contributed by atoms with Gasteiger partial charge in [0.05, 0.1) is 31.2 Å². The first-order valence-corrected chi connectivity index (χ1v) is 17.7. The van der Waals surface area contributed by atoms with Crippen LogP contribution < -0.4 is 14.8 Å². The summed E-state index contributed by atoms with van der Waals surface area (Å²) in [5.74, 6) is -0.486. The van der Waals surface area contributed by atoms with E-state index in [-0.39, 0.29) is 24.3 Å². The number of carbonyl (C=O) groups excluding carboxylic acids is 3. The van der Waals surface area contributed by atoms with Gasteiger partial charge in [-0.2, -0.15) is 0 Å². The SMILES string of the molecule is CCOC(=O)[C@@]12C[C@H]1C=CCCCCN(C)C(=O)[C@@H]1C[C@H](Oc3nc(-c4nc(C5CC5)cs4)cc4cc(OC)ccc34)C[C@H]1C(=O)N2. The van der Waals surface area contributed by atoms with Gasteiger partial charge in [0, 0.05) is 36.2 Å². The number of aromatic nitrogens is 2. The number of allylic oxidation sites excluding steroid dienone is 1. The lowest BCUT2D eigenvalue weighted by molar-refractivity contribution is -0.150. The molecule has 0 radical (unpaired) electrons. The number of amides is 2. The lowest BCUT2D eigenvalue weighted by Crippen LogP contribution is -2.50. The molecule has 3 aromatic rings. The van der Waals surface area contributed by atoms with Crippen molar-refractivity contribution in [1.82, 2.24) is 20.2 Å². The van der Waals surface area contributed by atoms with Gasteiger partial charge in [-0.25, -0.2) is 14.8 Å². The Balaban J connectivity index is 1.20. The Hall–Kier alpha value is -3.99. The summed E-state index contributed by atoms with van der Waals surface area (Å²) in [6.45, 7) is 2.61. The first-order valence-electron chi connectivity index (χ1n) is 16.8. The first kappa shape index (κ1) is 31.6. The number of pyridine rings is 1. The topological polar surface area (TPSA) is 120 Å². The normalized spacial score (nSPS) is 27.9. The molecule has 1 aromatic carbocycles. The minimum Gasteiger partial charge on any atom is -0.497 e. The lowest BCUT2D eigenvalue weighted by atomic mass is 9.93. The third-order valence-electron chi connectivity index (χ3n) is 10.1. The van der Waals surface area contributed by atoms with Crippen LogP contribution in [-0.2, 0) is 19.1 Å². The highest BCUT2D eigenvalue weighted by Crippen LogP contribution is 2.47. The molecular weight excluding hydrogens is 616 g/mol. The fourth-order valence-corrected chi connectivity index (χ4v) is 7.96. The van der Waals surface area contributed by atoms with Gasteiger partial charge in [-0.15, -0.1) is 11.3 Å². The van der Waals surface area contributed by atoms with Crippen LogP contribution in [0.1, 0.15) is 69.9 Å². The summed E-state index contributed by atoms with van der Waals surface area (Å²) < 4.78 is 17.6. The highest BCUT2D eigenvalue weighted by Gasteiger charge is 2.62. The van der Waals surface area contributed by atoms with Crippen LogP contribution in [0.4, 0.5) is 0 Å². The molecule has 0 spiro atoms. The molecule has 7 rings (SSSR count). The standard InChI is InChI=1S/C36H42N4O6S/c1-4-45-35(43)36-19-23(36)9-7-5-6-8-14-40(2)34(42)28-18-25(17-27(28)31(41)39-36)46-32-26-13-12-24(44-3)15-22(26)16-29(37-32)33-38-30(20-47-33)21-10-11-21/h7,9,12-13,15-16,20-21,23,25,27-28H,4-6,8,10-11,14,17-19H2,1-3H3,(H,39,41)/t23-,25-,27-,28-,36-/m1/s1. The molecule has 2 aromatic heterocycles. The number of nitrogens with zero attached hydrogens (tertiary/aromatic N) is 3. The van der Waals surface area contributed by atoms with E-state index in [2.05, 4.69) is 16.8 Å². The Morgan fingerprint density at radius 3 is 2.74 bits per heavy atom. The maximum absolute atomic E-state index is 14.0. The number of benzene rings is 1. The second-order valence-corrected chi connectivity index (χ2v) is 14.2. The van der Waals surface area contributed by atoms with Gasteiger partial charge in [0.2, 0.25) is 17.7 Å². The quantitative estimate of drug-likeness (QED) is 0.255. The summed E-state index contributed by atoms with van der Waals surface area (Å²) >= 11 is 1.58. The van der Waals surface area contributed by atoms with Crippen molar-refractivity contribution in [3.63, 3.8) is 0 Å². The maximum atomic E-state index is 14.0. The number of ether oxygens (including phenoxy) is 3. The predicted octanol–water partition coefficient (Wildman–Crippen LogP) is 5.65. The summed E-state index contributed by atoms with van der Waals surface area (Å²) in [6.07, 6.45) is 9.82. The summed E-state index contributed by atoms with van der Waals surface area (Å²) in [5.41, 5.74) is 0.733. The van der Waals surface area contributed by atoms with Gasteiger partial charge in [-0.05, 0) is 87.9 Å². The lowest BCUT2D eigenvalue weighted by Gasteiger charge is -2.26. The van der Waals surface area contributed by atoms with E-state index in [0.29, 0.717) is 43.3 Å². The molecule has 0 saturated heterocycles. The van der Waals surface area contributed by atoms with Crippen LogP contribution in [0.2, 0.25) is 0 Å². The van der Waals surface area contributed by atoms with E-state index < -0.39 is 29.4 Å². The number of thiazole rings is 1. The summed E-state index contributed by atoms with van der Waals surface area (Å²) in [5, 5.41) is 7.72. The molecule has 3 aliphatic carbocycles. The van der Waals surface area contributed by atoms with E-state index in [9.17, 15) is 14.4 Å². The molecule has 5 atom stereocenters. The van der Waals surface area contributed by atoms with Gasteiger partial charge < -0.3 is 24.4 Å². The van der Waals surface area contributed by atoms with Crippen molar-refractivity contribution < 1.29 is 28.6 Å². The van der Waals surface area contributed by atoms with Crippen LogP contribution >= 0.6 is 11.3 Å². The predicted molar refractivity (Wildman–Crippen MR) is 178 cm³/mol. The molecule has 11 heteroatoms. The fourth-order valence-electron chi connectivity index (χ4n) is 7.10. The van der Waals surface area contributed by atoms with Crippen molar-refractivity contribution >= 4 is 39.9 Å². The minimum atomic E-state index is -1.09. The Morgan fingerprint density at radius 2 is 1.96 bits per heavy atom. The average molecular weight is 659 g/mol. The Labute approximate surface area is 278 Å². The molecule has 3 saturated carbocycles. The van der Waals surface area contributed by atoms with E-state index >= 15 is 0 Å². The van der Waals surface area contributed by atoms with Crippen LogP contribution in [0.15, 0.2) is 41.8 Å². The summed E-state index contributed by atoms with van der Waals surface area (Å²) in [7, 11) is 3.44. The molecule has 0 unspecified atom stereocenters. The molecule has 1 N–H and O–H groups in total. The zero-order chi connectivity index (χ0) is 32.7. The van der Waals surface area contributed by atoms with E-state index in [0.717, 1.165) is 46.5 Å². The Kier molecular flexibility index (Phi) is 8.67. The van der Waals surface area contributed by atoms with E-state index in [1.54, 1.807) is 37.3 Å². The van der Waals surface area contributed by atoms with Crippen molar-refractivity contribution in [2.45, 2.75) is 75.9 Å². The third-order valence-corrected chi connectivity index (χ3v) is 10.9.